The van der Waals surface area contributed by atoms with E-state index in [9.17, 15) is 21.6 Å². The molecule has 2 N–H and O–H groups in total. The van der Waals surface area contributed by atoms with Crippen LogP contribution in [0.25, 0.3) is 0 Å². The van der Waals surface area contributed by atoms with Crippen LogP contribution < -0.4 is 10.0 Å². The van der Waals surface area contributed by atoms with Crippen molar-refractivity contribution in [3.05, 3.63) is 90.0 Å². The van der Waals surface area contributed by atoms with Crippen LogP contribution in [0.5, 0.6) is 0 Å². The summed E-state index contributed by atoms with van der Waals surface area (Å²) in [6.45, 7) is 2.52. The highest BCUT2D eigenvalue weighted by atomic mass is 32.2. The average molecular weight is 516 g/mol. The number of hydrogen-bond acceptors (Lipinski definition) is 5. The van der Waals surface area contributed by atoms with Crippen LogP contribution in [0, 0.1) is 0 Å². The summed E-state index contributed by atoms with van der Waals surface area (Å²) in [4.78, 5) is 12.8. The van der Waals surface area contributed by atoms with E-state index in [4.69, 9.17) is 0 Å². The van der Waals surface area contributed by atoms with Crippen molar-refractivity contribution in [3.8, 4) is 0 Å². The number of anilines is 1. The van der Waals surface area contributed by atoms with E-state index in [0.717, 1.165) is 12.0 Å². The van der Waals surface area contributed by atoms with Gasteiger partial charge in [-0.05, 0) is 54.4 Å². The van der Waals surface area contributed by atoms with Gasteiger partial charge in [0.15, 0.2) is 0 Å². The summed E-state index contributed by atoms with van der Waals surface area (Å²) in [5.41, 5.74) is 1.42. The van der Waals surface area contributed by atoms with Gasteiger partial charge in [-0.15, -0.1) is 0 Å². The molecule has 3 rings (SSSR count). The van der Waals surface area contributed by atoms with Gasteiger partial charge in [-0.25, -0.2) is 21.6 Å². The maximum absolute atomic E-state index is 12.9. The molecule has 3 aromatic rings. The zero-order chi connectivity index (χ0) is 25.5. The smallest absolute Gasteiger partial charge is 0.255 e. The predicted molar refractivity (Wildman–Crippen MR) is 136 cm³/mol. The number of amides is 1. The summed E-state index contributed by atoms with van der Waals surface area (Å²) >= 11 is 0. The highest BCUT2D eigenvalue weighted by Crippen LogP contribution is 2.20. The number of benzene rings is 3. The van der Waals surface area contributed by atoms with E-state index in [0.29, 0.717) is 18.7 Å². The van der Waals surface area contributed by atoms with Crippen molar-refractivity contribution >= 4 is 31.6 Å². The number of carbonyl (C=O) groups is 1. The summed E-state index contributed by atoms with van der Waals surface area (Å²) in [7, 11) is -5.92. The second-order valence-corrected chi connectivity index (χ2v) is 11.8. The molecule has 0 unspecified atom stereocenters. The van der Waals surface area contributed by atoms with Crippen molar-refractivity contribution in [1.82, 2.24) is 9.03 Å². The van der Waals surface area contributed by atoms with Gasteiger partial charge >= 0.3 is 0 Å². The Labute approximate surface area is 207 Å². The number of carbonyl (C=O) groups excluding carboxylic acids is 1. The van der Waals surface area contributed by atoms with Gasteiger partial charge in [0.2, 0.25) is 20.0 Å². The van der Waals surface area contributed by atoms with Crippen molar-refractivity contribution in [3.63, 3.8) is 0 Å². The fourth-order valence-electron chi connectivity index (χ4n) is 3.29. The van der Waals surface area contributed by atoms with Crippen LogP contribution in [-0.2, 0) is 26.6 Å². The number of unbranched alkanes of at least 4 members (excludes halogenated alkanes) is 1. The second-order valence-electron chi connectivity index (χ2n) is 8.00. The Balaban J connectivity index is 1.69. The van der Waals surface area contributed by atoms with Crippen molar-refractivity contribution in [1.29, 1.82) is 0 Å². The van der Waals surface area contributed by atoms with E-state index < -0.39 is 26.0 Å². The lowest BCUT2D eigenvalue weighted by Crippen LogP contribution is -2.26. The molecule has 10 heteroatoms. The SMILES string of the molecule is CCCCNS(=O)(=O)c1cccc(C(=O)Nc2ccc(S(=O)(=O)N(C)Cc3ccccc3)cc2)c1. The molecule has 0 saturated heterocycles. The Morgan fingerprint density at radius 1 is 0.857 bits per heavy atom. The third-order valence-electron chi connectivity index (χ3n) is 5.30. The molecule has 1 amide bonds. The highest BCUT2D eigenvalue weighted by Gasteiger charge is 2.21. The quantitative estimate of drug-likeness (QED) is 0.377. The molecule has 0 fully saturated rings. The van der Waals surface area contributed by atoms with Gasteiger partial charge in [0.1, 0.15) is 0 Å². The number of sulfonamides is 2. The molecule has 0 aromatic heterocycles. The molecule has 186 valence electrons. The molecule has 0 aliphatic rings. The van der Waals surface area contributed by atoms with Crippen LogP contribution in [0.3, 0.4) is 0 Å². The monoisotopic (exact) mass is 515 g/mol. The van der Waals surface area contributed by atoms with Gasteiger partial charge in [-0.2, -0.15) is 4.31 Å². The molecule has 0 atom stereocenters. The van der Waals surface area contributed by atoms with Crippen LogP contribution in [0.4, 0.5) is 5.69 Å². The topological polar surface area (TPSA) is 113 Å². The summed E-state index contributed by atoms with van der Waals surface area (Å²) in [5, 5.41) is 2.67. The molecule has 0 aliphatic carbocycles. The first kappa shape index (κ1) is 26.6. The number of hydrogen-bond donors (Lipinski definition) is 2. The molecule has 0 bridgehead atoms. The standard InChI is InChI=1S/C25H29N3O5S2/c1-3-4-17-26-34(30,31)24-12-8-11-21(18-24)25(29)27-22-13-15-23(16-14-22)35(32,33)28(2)19-20-9-6-5-7-10-20/h5-16,18,26H,3-4,17,19H2,1-2H3,(H,27,29). The Bertz CT molecular complexity index is 1360. The Morgan fingerprint density at radius 2 is 1.54 bits per heavy atom. The van der Waals surface area contributed by atoms with Crippen LogP contribution in [0.1, 0.15) is 35.7 Å². The molecular weight excluding hydrogens is 486 g/mol. The Hall–Kier alpha value is -3.05. The van der Waals surface area contributed by atoms with Crippen LogP contribution in [0.2, 0.25) is 0 Å². The minimum Gasteiger partial charge on any atom is -0.322 e. The second kappa shape index (κ2) is 11.6. The van der Waals surface area contributed by atoms with Gasteiger partial charge in [0.05, 0.1) is 9.79 Å². The molecule has 0 heterocycles. The van der Waals surface area contributed by atoms with E-state index in [-0.39, 0.29) is 21.9 Å². The van der Waals surface area contributed by atoms with Gasteiger partial charge < -0.3 is 5.32 Å². The zero-order valence-corrected chi connectivity index (χ0v) is 21.3. The lowest BCUT2D eigenvalue weighted by Gasteiger charge is -2.17. The summed E-state index contributed by atoms with van der Waals surface area (Å²) in [6.07, 6.45) is 1.57. The molecule has 8 nitrogen and oxygen atoms in total. The molecule has 3 aromatic carbocycles. The van der Waals surface area contributed by atoms with E-state index in [1.165, 1.54) is 59.9 Å². The number of nitrogens with zero attached hydrogens (tertiary/aromatic N) is 1. The minimum absolute atomic E-state index is 0.00384. The summed E-state index contributed by atoms with van der Waals surface area (Å²) in [5.74, 6) is -0.507. The highest BCUT2D eigenvalue weighted by molar-refractivity contribution is 7.89. The van der Waals surface area contributed by atoms with Gasteiger partial charge in [0, 0.05) is 31.4 Å². The fraction of sp³-hybridized carbons (Fsp3) is 0.240. The third kappa shape index (κ3) is 6.98. The average Bonchev–Trinajstić information content (AvgIpc) is 2.85. The van der Waals surface area contributed by atoms with Crippen molar-refractivity contribution < 1.29 is 21.6 Å². The van der Waals surface area contributed by atoms with Crippen molar-refractivity contribution in [2.24, 2.45) is 0 Å². The Kier molecular flexibility index (Phi) is 8.79. The van der Waals surface area contributed by atoms with Crippen molar-refractivity contribution in [2.75, 3.05) is 18.9 Å². The van der Waals surface area contributed by atoms with Gasteiger partial charge in [0.25, 0.3) is 5.91 Å². The fourth-order valence-corrected chi connectivity index (χ4v) is 5.57. The maximum Gasteiger partial charge on any atom is 0.255 e. The number of rotatable bonds is 11. The molecule has 0 spiro atoms. The molecule has 0 radical (unpaired) electrons. The molecular formula is C25H29N3O5S2. The molecule has 0 aliphatic heterocycles. The Morgan fingerprint density at radius 3 is 2.20 bits per heavy atom. The first-order chi connectivity index (χ1) is 16.6. The van der Waals surface area contributed by atoms with E-state index in [1.54, 1.807) is 0 Å². The van der Waals surface area contributed by atoms with Crippen LogP contribution in [0.15, 0.2) is 88.7 Å². The molecule has 35 heavy (non-hydrogen) atoms. The van der Waals surface area contributed by atoms with Crippen LogP contribution >= 0.6 is 0 Å². The van der Waals surface area contributed by atoms with E-state index in [2.05, 4.69) is 10.0 Å². The van der Waals surface area contributed by atoms with Crippen molar-refractivity contribution in [2.45, 2.75) is 36.1 Å². The zero-order valence-electron chi connectivity index (χ0n) is 19.6. The van der Waals surface area contributed by atoms with Gasteiger partial charge in [-0.1, -0.05) is 49.7 Å². The predicted octanol–water partition coefficient (Wildman–Crippen LogP) is 3.84. The van der Waals surface area contributed by atoms with E-state index in [1.807, 2.05) is 37.3 Å². The lowest BCUT2D eigenvalue weighted by atomic mass is 10.2. The third-order valence-corrected chi connectivity index (χ3v) is 8.57. The summed E-state index contributed by atoms with van der Waals surface area (Å²) in [6, 6.07) is 20.8. The summed E-state index contributed by atoms with van der Waals surface area (Å²) < 4.78 is 54.4. The minimum atomic E-state index is -3.72. The number of nitrogens with one attached hydrogen (secondary N) is 2. The largest absolute Gasteiger partial charge is 0.322 e. The van der Waals surface area contributed by atoms with E-state index >= 15 is 0 Å². The van der Waals surface area contributed by atoms with Gasteiger partial charge in [-0.3, -0.25) is 4.79 Å². The lowest BCUT2D eigenvalue weighted by molar-refractivity contribution is 0.102. The maximum atomic E-state index is 12.9. The first-order valence-electron chi connectivity index (χ1n) is 11.1. The normalized spacial score (nSPS) is 12.0. The molecule has 0 saturated carbocycles. The first-order valence-corrected chi connectivity index (χ1v) is 14.1. The van der Waals surface area contributed by atoms with Crippen LogP contribution in [-0.4, -0.2) is 40.6 Å².